The predicted molar refractivity (Wildman–Crippen MR) is 105 cm³/mol. The van der Waals surface area contributed by atoms with Crippen LogP contribution < -0.4 is 11.1 Å². The highest BCUT2D eigenvalue weighted by atomic mass is 16.2. The maximum Gasteiger partial charge on any atom is 0.247 e. The van der Waals surface area contributed by atoms with Crippen molar-refractivity contribution in [2.45, 2.75) is 45.7 Å². The van der Waals surface area contributed by atoms with Gasteiger partial charge in [-0.2, -0.15) is 10.2 Å². The molecule has 7 heteroatoms. The van der Waals surface area contributed by atoms with Gasteiger partial charge in [0.05, 0.1) is 23.3 Å². The Labute approximate surface area is 159 Å². The molecule has 0 saturated carbocycles. The van der Waals surface area contributed by atoms with Crippen LogP contribution in [0, 0.1) is 0 Å². The van der Waals surface area contributed by atoms with Crippen LogP contribution in [0.1, 0.15) is 44.9 Å². The molecule has 27 heavy (non-hydrogen) atoms. The van der Waals surface area contributed by atoms with Gasteiger partial charge in [0.1, 0.15) is 5.54 Å². The molecule has 0 fully saturated rings. The summed E-state index contributed by atoms with van der Waals surface area (Å²) < 4.78 is 3.44. The molecule has 3 aromatic rings. The summed E-state index contributed by atoms with van der Waals surface area (Å²) in [5.74, 6) is 0.119. The van der Waals surface area contributed by atoms with Gasteiger partial charge in [-0.1, -0.05) is 32.0 Å². The van der Waals surface area contributed by atoms with Gasteiger partial charge in [-0.3, -0.25) is 9.48 Å². The highest BCUT2D eigenvalue weighted by Gasteiger charge is 2.30. The maximum atomic E-state index is 12.8. The van der Waals surface area contributed by atoms with Crippen molar-refractivity contribution >= 4 is 11.6 Å². The topological polar surface area (TPSA) is 90.8 Å². The molecule has 2 heterocycles. The van der Waals surface area contributed by atoms with Crippen molar-refractivity contribution < 1.29 is 4.79 Å². The first-order valence-electron chi connectivity index (χ1n) is 9.02. The van der Waals surface area contributed by atoms with Gasteiger partial charge in [-0.15, -0.1) is 0 Å². The lowest BCUT2D eigenvalue weighted by atomic mass is 10.0. The first kappa shape index (κ1) is 18.7. The summed E-state index contributed by atoms with van der Waals surface area (Å²) in [6, 6.07) is 9.94. The third-order valence-electron chi connectivity index (χ3n) is 4.56. The fourth-order valence-corrected chi connectivity index (χ4v) is 2.90. The lowest BCUT2D eigenvalue weighted by Gasteiger charge is -2.24. The van der Waals surface area contributed by atoms with Crippen LogP contribution in [0.15, 0.2) is 48.9 Å². The van der Waals surface area contributed by atoms with E-state index in [4.69, 9.17) is 10.8 Å². The molecule has 0 aliphatic heterocycles. The standard InChI is InChI=1S/C20H26N6O/c1-14(2)18-15(12-25(24-18)17-8-6-5-7-9-17)10-22-19(27)20(3,4)26-13-16(21)11-23-26/h5-9,11-14H,10,21H2,1-4H3,(H,22,27). The number of benzene rings is 1. The Morgan fingerprint density at radius 3 is 2.52 bits per heavy atom. The van der Waals surface area contributed by atoms with Crippen molar-refractivity contribution in [2.75, 3.05) is 5.73 Å². The van der Waals surface area contributed by atoms with E-state index in [1.807, 2.05) is 55.1 Å². The first-order valence-corrected chi connectivity index (χ1v) is 9.02. The van der Waals surface area contributed by atoms with E-state index in [1.54, 1.807) is 10.9 Å². The molecule has 3 N–H and O–H groups in total. The largest absolute Gasteiger partial charge is 0.396 e. The summed E-state index contributed by atoms with van der Waals surface area (Å²) in [5, 5.41) is 11.9. The molecular formula is C20H26N6O. The summed E-state index contributed by atoms with van der Waals surface area (Å²) in [6.07, 6.45) is 5.17. The second-order valence-electron chi connectivity index (χ2n) is 7.43. The molecule has 0 unspecified atom stereocenters. The van der Waals surface area contributed by atoms with Gasteiger partial charge >= 0.3 is 0 Å². The minimum absolute atomic E-state index is 0.132. The number of aromatic nitrogens is 4. The number of hydrogen-bond acceptors (Lipinski definition) is 4. The average Bonchev–Trinajstić information content (AvgIpc) is 3.27. The average molecular weight is 366 g/mol. The quantitative estimate of drug-likeness (QED) is 0.702. The number of carbonyl (C=O) groups is 1. The maximum absolute atomic E-state index is 12.8. The fourth-order valence-electron chi connectivity index (χ4n) is 2.90. The van der Waals surface area contributed by atoms with Crippen molar-refractivity contribution in [3.63, 3.8) is 0 Å². The summed E-state index contributed by atoms with van der Waals surface area (Å²) in [4.78, 5) is 12.8. The SMILES string of the molecule is CC(C)c1nn(-c2ccccc2)cc1CNC(=O)C(C)(C)n1cc(N)cn1. The van der Waals surface area contributed by atoms with E-state index in [2.05, 4.69) is 24.3 Å². The van der Waals surface area contributed by atoms with E-state index >= 15 is 0 Å². The number of nitrogens with one attached hydrogen (secondary N) is 1. The van der Waals surface area contributed by atoms with Crippen LogP contribution in [-0.2, 0) is 16.9 Å². The van der Waals surface area contributed by atoms with E-state index in [0.29, 0.717) is 12.2 Å². The molecule has 0 radical (unpaired) electrons. The Bertz CT molecular complexity index is 923. The van der Waals surface area contributed by atoms with Gasteiger partial charge in [0.15, 0.2) is 0 Å². The van der Waals surface area contributed by atoms with Gasteiger partial charge in [0.25, 0.3) is 0 Å². The molecule has 0 aliphatic carbocycles. The Morgan fingerprint density at radius 1 is 1.22 bits per heavy atom. The summed E-state index contributed by atoms with van der Waals surface area (Å²) in [7, 11) is 0. The van der Waals surface area contributed by atoms with E-state index in [0.717, 1.165) is 16.9 Å². The van der Waals surface area contributed by atoms with Gasteiger partial charge < -0.3 is 11.1 Å². The van der Waals surface area contributed by atoms with Crippen molar-refractivity contribution in [2.24, 2.45) is 0 Å². The number of nitrogen functional groups attached to an aromatic ring is 1. The van der Waals surface area contributed by atoms with Crippen LogP contribution in [0.4, 0.5) is 5.69 Å². The van der Waals surface area contributed by atoms with Crippen LogP contribution in [-0.4, -0.2) is 25.5 Å². The zero-order valence-electron chi connectivity index (χ0n) is 16.2. The van der Waals surface area contributed by atoms with E-state index in [-0.39, 0.29) is 11.8 Å². The highest BCUT2D eigenvalue weighted by Crippen LogP contribution is 2.21. The van der Waals surface area contributed by atoms with Crippen molar-refractivity contribution in [1.82, 2.24) is 24.9 Å². The number of para-hydroxylation sites is 1. The fraction of sp³-hybridized carbons (Fsp3) is 0.350. The second-order valence-corrected chi connectivity index (χ2v) is 7.43. The molecule has 1 aromatic carbocycles. The molecule has 0 bridgehead atoms. The molecule has 142 valence electrons. The third-order valence-corrected chi connectivity index (χ3v) is 4.56. The van der Waals surface area contributed by atoms with E-state index in [9.17, 15) is 4.79 Å². The molecule has 3 rings (SSSR count). The molecule has 0 atom stereocenters. The lowest BCUT2D eigenvalue weighted by Crippen LogP contribution is -2.44. The second kappa shape index (κ2) is 7.26. The number of hydrogen-bond donors (Lipinski definition) is 2. The third kappa shape index (κ3) is 3.86. The highest BCUT2D eigenvalue weighted by molar-refractivity contribution is 5.83. The number of nitrogens with two attached hydrogens (primary N) is 1. The van der Waals surface area contributed by atoms with Gasteiger partial charge in [-0.05, 0) is 31.9 Å². The van der Waals surface area contributed by atoms with Crippen molar-refractivity contribution in [3.8, 4) is 5.69 Å². The van der Waals surface area contributed by atoms with Crippen LogP contribution in [0.3, 0.4) is 0 Å². The molecule has 1 amide bonds. The number of carbonyl (C=O) groups excluding carboxylic acids is 1. The lowest BCUT2D eigenvalue weighted by molar-refractivity contribution is -0.129. The van der Waals surface area contributed by atoms with Crippen molar-refractivity contribution in [3.05, 3.63) is 60.2 Å². The normalized spacial score (nSPS) is 11.7. The summed E-state index contributed by atoms with van der Waals surface area (Å²) in [6.45, 7) is 8.22. The predicted octanol–water partition coefficient (Wildman–Crippen LogP) is 2.83. The van der Waals surface area contributed by atoms with Crippen LogP contribution >= 0.6 is 0 Å². The molecule has 0 aliphatic rings. The zero-order valence-corrected chi connectivity index (χ0v) is 16.2. The Hall–Kier alpha value is -3.09. The summed E-state index contributed by atoms with van der Waals surface area (Å²) in [5.41, 5.74) is 8.37. The monoisotopic (exact) mass is 366 g/mol. The zero-order chi connectivity index (χ0) is 19.6. The number of rotatable bonds is 6. The van der Waals surface area contributed by atoms with Gasteiger partial charge in [0.2, 0.25) is 5.91 Å². The number of anilines is 1. The van der Waals surface area contributed by atoms with Crippen LogP contribution in [0.5, 0.6) is 0 Å². The Kier molecular flexibility index (Phi) is 5.03. The minimum atomic E-state index is -0.842. The van der Waals surface area contributed by atoms with Gasteiger partial charge in [-0.25, -0.2) is 4.68 Å². The van der Waals surface area contributed by atoms with Crippen LogP contribution in [0.25, 0.3) is 5.69 Å². The molecule has 0 saturated heterocycles. The van der Waals surface area contributed by atoms with Crippen LogP contribution in [0.2, 0.25) is 0 Å². The smallest absolute Gasteiger partial charge is 0.247 e. The Balaban J connectivity index is 1.79. The first-order chi connectivity index (χ1) is 12.8. The van der Waals surface area contributed by atoms with Gasteiger partial charge in [0, 0.05) is 24.5 Å². The number of amides is 1. The number of nitrogens with zero attached hydrogens (tertiary/aromatic N) is 4. The van der Waals surface area contributed by atoms with E-state index in [1.165, 1.54) is 6.20 Å². The molecule has 7 nitrogen and oxygen atoms in total. The minimum Gasteiger partial charge on any atom is -0.396 e. The molecule has 2 aromatic heterocycles. The molecule has 0 spiro atoms. The van der Waals surface area contributed by atoms with Crippen molar-refractivity contribution in [1.29, 1.82) is 0 Å². The molecular weight excluding hydrogens is 340 g/mol. The summed E-state index contributed by atoms with van der Waals surface area (Å²) >= 11 is 0. The van der Waals surface area contributed by atoms with E-state index < -0.39 is 5.54 Å². The Morgan fingerprint density at radius 2 is 1.93 bits per heavy atom.